The number of fused-ring (bicyclic) bond motifs is 1. The van der Waals surface area contributed by atoms with Gasteiger partial charge in [0.05, 0.1) is 4.88 Å². The smallest absolute Gasteiger partial charge is 0.207 e. The molecule has 3 rings (SSSR count). The summed E-state index contributed by atoms with van der Waals surface area (Å²) < 4.78 is 0.483. The number of rotatable bonds is 1. The Bertz CT molecular complexity index is 781. The van der Waals surface area contributed by atoms with Gasteiger partial charge >= 0.3 is 0 Å². The van der Waals surface area contributed by atoms with Gasteiger partial charge in [-0.2, -0.15) is 0 Å². The van der Waals surface area contributed by atoms with E-state index in [1.54, 1.807) is 18.2 Å². The SMILES string of the molecule is O=C1C(=Cc2sc(=S)[nH]c2O)C=Cc2ccccc21. The molecule has 0 spiro atoms. The fourth-order valence-electron chi connectivity index (χ4n) is 1.94. The average molecular weight is 287 g/mol. The maximum atomic E-state index is 12.3. The van der Waals surface area contributed by atoms with E-state index in [0.717, 1.165) is 5.56 Å². The van der Waals surface area contributed by atoms with E-state index in [1.165, 1.54) is 11.3 Å². The van der Waals surface area contributed by atoms with E-state index in [1.807, 2.05) is 24.3 Å². The number of thiazole rings is 1. The van der Waals surface area contributed by atoms with Crippen molar-refractivity contribution in [2.75, 3.05) is 0 Å². The van der Waals surface area contributed by atoms with Crippen LogP contribution in [-0.4, -0.2) is 15.9 Å². The number of benzene rings is 1. The summed E-state index contributed by atoms with van der Waals surface area (Å²) in [6, 6.07) is 7.44. The Hall–Kier alpha value is -1.98. The Labute approximate surface area is 118 Å². The van der Waals surface area contributed by atoms with Gasteiger partial charge < -0.3 is 10.1 Å². The maximum Gasteiger partial charge on any atom is 0.207 e. The van der Waals surface area contributed by atoms with E-state index < -0.39 is 0 Å². The normalized spacial score (nSPS) is 15.8. The molecule has 0 radical (unpaired) electrons. The predicted octanol–water partition coefficient (Wildman–Crippen LogP) is 3.80. The van der Waals surface area contributed by atoms with Crippen molar-refractivity contribution < 1.29 is 9.90 Å². The van der Waals surface area contributed by atoms with Gasteiger partial charge in [0, 0.05) is 11.1 Å². The fourth-order valence-corrected chi connectivity index (χ4v) is 2.99. The largest absolute Gasteiger partial charge is 0.494 e. The molecule has 0 aliphatic heterocycles. The van der Waals surface area contributed by atoms with E-state index in [0.29, 0.717) is 20.0 Å². The van der Waals surface area contributed by atoms with Crippen LogP contribution in [-0.2, 0) is 0 Å². The van der Waals surface area contributed by atoms with Crippen LogP contribution in [0.2, 0.25) is 0 Å². The highest BCUT2D eigenvalue weighted by atomic mass is 32.1. The number of carbonyl (C=O) groups is 1. The topological polar surface area (TPSA) is 53.1 Å². The minimum atomic E-state index is -0.0446. The first kappa shape index (κ1) is 12.1. The molecule has 0 fully saturated rings. The predicted molar refractivity (Wildman–Crippen MR) is 79.0 cm³/mol. The second kappa shape index (κ2) is 4.60. The van der Waals surface area contributed by atoms with Crippen LogP contribution >= 0.6 is 23.6 Å². The number of aromatic hydroxyl groups is 1. The van der Waals surface area contributed by atoms with Crippen molar-refractivity contribution in [2.24, 2.45) is 0 Å². The molecule has 2 aromatic rings. The molecule has 0 bridgehead atoms. The molecule has 2 N–H and O–H groups in total. The van der Waals surface area contributed by atoms with Crippen molar-refractivity contribution in [1.82, 2.24) is 4.98 Å². The molecule has 1 aliphatic rings. The van der Waals surface area contributed by atoms with E-state index in [2.05, 4.69) is 4.98 Å². The lowest BCUT2D eigenvalue weighted by Crippen LogP contribution is -2.07. The Morgan fingerprint density at radius 1 is 1.26 bits per heavy atom. The summed E-state index contributed by atoms with van der Waals surface area (Å²) in [7, 11) is 0. The third-order valence-electron chi connectivity index (χ3n) is 2.85. The van der Waals surface area contributed by atoms with Gasteiger partial charge in [0.2, 0.25) is 5.88 Å². The molecule has 0 atom stereocenters. The first-order valence-corrected chi connectivity index (χ1v) is 6.83. The quantitative estimate of drug-likeness (QED) is 0.619. The summed E-state index contributed by atoms with van der Waals surface area (Å²) in [5.74, 6) is -0.0422. The number of ketones is 1. The number of Topliss-reactive ketones (excluding diaryl/α,β-unsaturated/α-hetero) is 1. The number of aromatic nitrogens is 1. The summed E-state index contributed by atoms with van der Waals surface area (Å²) in [5.41, 5.74) is 2.13. The first-order valence-electron chi connectivity index (χ1n) is 5.61. The lowest BCUT2D eigenvalue weighted by molar-refractivity contribution is 0.103. The Balaban J connectivity index is 2.08. The number of hydrogen-bond acceptors (Lipinski definition) is 4. The molecule has 0 saturated heterocycles. The Kier molecular flexibility index (Phi) is 2.93. The van der Waals surface area contributed by atoms with Gasteiger partial charge in [-0.15, -0.1) is 11.3 Å². The maximum absolute atomic E-state index is 12.3. The summed E-state index contributed by atoms with van der Waals surface area (Å²) in [6.45, 7) is 0. The van der Waals surface area contributed by atoms with Crippen molar-refractivity contribution in [3.63, 3.8) is 0 Å². The molecule has 1 heterocycles. The summed E-state index contributed by atoms with van der Waals surface area (Å²) in [4.78, 5) is 15.5. The molecule has 19 heavy (non-hydrogen) atoms. The highest BCUT2D eigenvalue weighted by molar-refractivity contribution is 7.73. The van der Waals surface area contributed by atoms with Gasteiger partial charge in [-0.1, -0.05) is 36.4 Å². The monoisotopic (exact) mass is 287 g/mol. The van der Waals surface area contributed by atoms with Crippen molar-refractivity contribution in [2.45, 2.75) is 0 Å². The summed E-state index contributed by atoms with van der Waals surface area (Å²) in [5, 5.41) is 9.65. The molecule has 5 heteroatoms. The van der Waals surface area contributed by atoms with Gasteiger partial charge in [-0.05, 0) is 23.9 Å². The highest BCUT2D eigenvalue weighted by Gasteiger charge is 2.17. The Morgan fingerprint density at radius 2 is 2.05 bits per heavy atom. The van der Waals surface area contributed by atoms with Gasteiger partial charge in [-0.25, -0.2) is 0 Å². The van der Waals surface area contributed by atoms with Crippen LogP contribution in [0, 0.1) is 3.95 Å². The third kappa shape index (κ3) is 2.18. The first-order chi connectivity index (χ1) is 9.15. The number of H-pyrrole nitrogens is 1. The molecular formula is C14H9NO2S2. The molecule has 94 valence electrons. The van der Waals surface area contributed by atoms with Crippen molar-refractivity contribution in [3.05, 3.63) is 55.9 Å². The van der Waals surface area contributed by atoms with E-state index in [4.69, 9.17) is 12.2 Å². The number of nitrogens with one attached hydrogen (secondary N) is 1. The van der Waals surface area contributed by atoms with Crippen LogP contribution < -0.4 is 0 Å². The molecule has 1 aliphatic carbocycles. The molecule has 0 saturated carbocycles. The zero-order valence-electron chi connectivity index (χ0n) is 9.71. The fraction of sp³-hybridized carbons (Fsp3) is 0. The number of allylic oxidation sites excluding steroid dienone is 2. The minimum Gasteiger partial charge on any atom is -0.494 e. The molecule has 1 aromatic carbocycles. The van der Waals surface area contributed by atoms with Crippen molar-refractivity contribution in [3.8, 4) is 5.88 Å². The van der Waals surface area contributed by atoms with Crippen LogP contribution in [0.1, 0.15) is 20.8 Å². The summed E-state index contributed by atoms with van der Waals surface area (Å²) >= 11 is 6.19. The number of carbonyl (C=O) groups excluding carboxylic acids is 1. The van der Waals surface area contributed by atoms with Crippen LogP contribution in [0.5, 0.6) is 5.88 Å². The molecule has 3 nitrogen and oxygen atoms in total. The van der Waals surface area contributed by atoms with E-state index in [-0.39, 0.29) is 11.7 Å². The second-order valence-corrected chi connectivity index (χ2v) is 5.80. The molecule has 0 amide bonds. The zero-order chi connectivity index (χ0) is 13.4. The average Bonchev–Trinajstić information content (AvgIpc) is 2.72. The van der Waals surface area contributed by atoms with Gasteiger partial charge in [-0.3, -0.25) is 4.79 Å². The zero-order valence-corrected chi connectivity index (χ0v) is 11.3. The third-order valence-corrected chi connectivity index (χ3v) is 4.02. The molecular weight excluding hydrogens is 278 g/mol. The van der Waals surface area contributed by atoms with Gasteiger partial charge in [0.25, 0.3) is 0 Å². The second-order valence-electron chi connectivity index (χ2n) is 4.08. The van der Waals surface area contributed by atoms with E-state index >= 15 is 0 Å². The number of hydrogen-bond donors (Lipinski definition) is 2. The molecule has 1 aromatic heterocycles. The minimum absolute atomic E-state index is 0.00237. The number of aromatic amines is 1. The van der Waals surface area contributed by atoms with Crippen LogP contribution in [0.25, 0.3) is 12.2 Å². The van der Waals surface area contributed by atoms with Crippen molar-refractivity contribution >= 4 is 41.5 Å². The highest BCUT2D eigenvalue weighted by Crippen LogP contribution is 2.28. The summed E-state index contributed by atoms with van der Waals surface area (Å²) in [6.07, 6.45) is 5.31. The van der Waals surface area contributed by atoms with Gasteiger partial charge in [0.1, 0.15) is 0 Å². The van der Waals surface area contributed by atoms with E-state index in [9.17, 15) is 9.90 Å². The van der Waals surface area contributed by atoms with Crippen molar-refractivity contribution in [1.29, 1.82) is 0 Å². The van der Waals surface area contributed by atoms with Crippen LogP contribution in [0.4, 0.5) is 0 Å². The molecule has 0 unspecified atom stereocenters. The Morgan fingerprint density at radius 3 is 2.79 bits per heavy atom. The van der Waals surface area contributed by atoms with Crippen LogP contribution in [0.3, 0.4) is 0 Å². The lowest BCUT2D eigenvalue weighted by atomic mass is 9.92. The van der Waals surface area contributed by atoms with Gasteiger partial charge in [0.15, 0.2) is 9.74 Å². The van der Waals surface area contributed by atoms with Crippen LogP contribution in [0.15, 0.2) is 35.9 Å². The lowest BCUT2D eigenvalue weighted by Gasteiger charge is -2.11. The standard InChI is InChI=1S/C14H9NO2S2/c16-12-9(7-11-13(17)15-14(18)19-11)6-5-8-3-1-2-4-10(8)12/h1-7,17H,(H,15,18).